The summed E-state index contributed by atoms with van der Waals surface area (Å²) in [5.41, 5.74) is 2.24. The van der Waals surface area contributed by atoms with Gasteiger partial charge in [-0.2, -0.15) is 0 Å². The van der Waals surface area contributed by atoms with Gasteiger partial charge in [0.2, 0.25) is 0 Å². The first-order chi connectivity index (χ1) is 18.9. The Morgan fingerprint density at radius 1 is 0.923 bits per heavy atom. The zero-order valence-corrected chi connectivity index (χ0v) is 23.8. The lowest BCUT2D eigenvalue weighted by Gasteiger charge is -2.15. The SMILES string of the molecule is C=C(C)C(=O)OCCCCCCOc1ccc(/C(=C\CC)Oc2ccc(/C=C/C(=O)CCC)cc2OC)cc1. The third-order valence-corrected chi connectivity index (χ3v) is 5.78. The Hall–Kier alpha value is -3.80. The molecule has 0 fully saturated rings. The average molecular weight is 535 g/mol. The molecule has 6 heteroatoms. The Balaban J connectivity index is 1.89. The van der Waals surface area contributed by atoms with Gasteiger partial charge >= 0.3 is 5.97 Å². The molecule has 0 N–H and O–H groups in total. The second kappa shape index (κ2) is 17.7. The minimum absolute atomic E-state index is 0.108. The number of methoxy groups -OCH3 is 1. The number of carbonyl (C=O) groups excluding carboxylic acids is 2. The van der Waals surface area contributed by atoms with E-state index in [9.17, 15) is 9.59 Å². The van der Waals surface area contributed by atoms with Gasteiger partial charge in [0.25, 0.3) is 0 Å². The van der Waals surface area contributed by atoms with Crippen molar-refractivity contribution in [2.24, 2.45) is 0 Å². The number of allylic oxidation sites excluding steroid dienone is 2. The predicted octanol–water partition coefficient (Wildman–Crippen LogP) is 7.97. The van der Waals surface area contributed by atoms with E-state index in [1.165, 1.54) is 0 Å². The van der Waals surface area contributed by atoms with Crippen LogP contribution in [-0.2, 0) is 14.3 Å². The third kappa shape index (κ3) is 11.6. The molecule has 0 radical (unpaired) electrons. The highest BCUT2D eigenvalue weighted by molar-refractivity contribution is 5.93. The zero-order valence-electron chi connectivity index (χ0n) is 23.8. The molecule has 2 aromatic carbocycles. The molecule has 0 aliphatic rings. The molecule has 2 aromatic rings. The van der Waals surface area contributed by atoms with E-state index in [-0.39, 0.29) is 11.8 Å². The molecule has 2 rings (SSSR count). The van der Waals surface area contributed by atoms with E-state index in [1.54, 1.807) is 26.2 Å². The lowest BCUT2D eigenvalue weighted by molar-refractivity contribution is -0.139. The number of rotatable bonds is 18. The Bertz CT molecular complexity index is 1130. The van der Waals surface area contributed by atoms with Crippen LogP contribution in [0.25, 0.3) is 11.8 Å². The highest BCUT2D eigenvalue weighted by Crippen LogP contribution is 2.33. The molecule has 39 heavy (non-hydrogen) atoms. The van der Waals surface area contributed by atoms with Crippen molar-refractivity contribution in [3.8, 4) is 17.2 Å². The van der Waals surface area contributed by atoms with Crippen molar-refractivity contribution >= 4 is 23.6 Å². The van der Waals surface area contributed by atoms with Gasteiger partial charge in [-0.05, 0) is 99.6 Å². The van der Waals surface area contributed by atoms with Crippen molar-refractivity contribution in [2.75, 3.05) is 20.3 Å². The van der Waals surface area contributed by atoms with Crippen LogP contribution < -0.4 is 14.2 Å². The first kappa shape index (κ1) is 31.4. The number of esters is 1. The van der Waals surface area contributed by atoms with E-state index in [0.717, 1.165) is 61.2 Å². The van der Waals surface area contributed by atoms with Crippen molar-refractivity contribution in [1.29, 1.82) is 0 Å². The first-order valence-electron chi connectivity index (χ1n) is 13.7. The quantitative estimate of drug-likeness (QED) is 0.0836. The molecule has 0 unspecified atom stereocenters. The fourth-order valence-electron chi connectivity index (χ4n) is 3.66. The maximum atomic E-state index is 11.8. The maximum Gasteiger partial charge on any atom is 0.333 e. The minimum atomic E-state index is -0.328. The molecular formula is C33H42O6. The Morgan fingerprint density at radius 2 is 1.64 bits per heavy atom. The van der Waals surface area contributed by atoms with Gasteiger partial charge in [0.1, 0.15) is 11.5 Å². The molecule has 0 aliphatic heterocycles. The number of ketones is 1. The number of unbranched alkanes of at least 4 members (excludes halogenated alkanes) is 3. The molecule has 0 atom stereocenters. The van der Waals surface area contributed by atoms with Crippen LogP contribution in [-0.4, -0.2) is 32.1 Å². The number of benzene rings is 2. The summed E-state index contributed by atoms with van der Waals surface area (Å²) in [5.74, 6) is 2.51. The van der Waals surface area contributed by atoms with Crippen LogP contribution in [0.5, 0.6) is 17.2 Å². The first-order valence-corrected chi connectivity index (χ1v) is 13.7. The van der Waals surface area contributed by atoms with Crippen LogP contribution >= 0.6 is 0 Å². The summed E-state index contributed by atoms with van der Waals surface area (Å²) in [6, 6.07) is 13.5. The van der Waals surface area contributed by atoms with E-state index >= 15 is 0 Å². The van der Waals surface area contributed by atoms with Gasteiger partial charge in [-0.25, -0.2) is 4.79 Å². The van der Waals surface area contributed by atoms with Crippen LogP contribution in [0, 0.1) is 0 Å². The highest BCUT2D eigenvalue weighted by atomic mass is 16.5. The number of hydrogen-bond acceptors (Lipinski definition) is 6. The zero-order chi connectivity index (χ0) is 28.5. The summed E-state index contributed by atoms with van der Waals surface area (Å²) in [6.07, 6.45) is 11.4. The summed E-state index contributed by atoms with van der Waals surface area (Å²) in [6.45, 7) is 10.3. The minimum Gasteiger partial charge on any atom is -0.494 e. The van der Waals surface area contributed by atoms with E-state index < -0.39 is 0 Å². The van der Waals surface area contributed by atoms with Gasteiger partial charge in [-0.3, -0.25) is 4.79 Å². The lowest BCUT2D eigenvalue weighted by atomic mass is 10.1. The van der Waals surface area contributed by atoms with Gasteiger partial charge in [0.05, 0.1) is 20.3 Å². The summed E-state index contributed by atoms with van der Waals surface area (Å²) in [7, 11) is 1.60. The van der Waals surface area contributed by atoms with Crippen molar-refractivity contribution in [2.45, 2.75) is 65.7 Å². The van der Waals surface area contributed by atoms with Crippen molar-refractivity contribution < 1.29 is 28.5 Å². The summed E-state index contributed by atoms with van der Waals surface area (Å²) in [5, 5.41) is 0. The lowest BCUT2D eigenvalue weighted by Crippen LogP contribution is -2.06. The molecule has 0 bridgehead atoms. The van der Waals surface area contributed by atoms with Crippen LogP contribution in [0.15, 0.2) is 66.8 Å². The standard InChI is InChI=1S/C33H42O6/c1-6-12-28(34)18-14-26-15-21-31(32(24-26)36-5)39-30(13-7-2)27-16-19-29(20-17-27)37-22-10-8-9-11-23-38-33(35)25(3)4/h13-21,24H,3,6-12,22-23H2,1-2,4-5H3/b18-14+,30-13+. The molecule has 0 spiro atoms. The van der Waals surface area contributed by atoms with Crippen LogP contribution in [0.2, 0.25) is 0 Å². The highest BCUT2D eigenvalue weighted by Gasteiger charge is 2.11. The smallest absolute Gasteiger partial charge is 0.333 e. The topological polar surface area (TPSA) is 71.1 Å². The number of ether oxygens (including phenoxy) is 4. The molecule has 0 aromatic heterocycles. The van der Waals surface area contributed by atoms with Crippen LogP contribution in [0.4, 0.5) is 0 Å². The fourth-order valence-corrected chi connectivity index (χ4v) is 3.66. The van der Waals surface area contributed by atoms with Gasteiger partial charge < -0.3 is 18.9 Å². The second-order valence-electron chi connectivity index (χ2n) is 9.24. The number of hydrogen-bond donors (Lipinski definition) is 0. The average Bonchev–Trinajstić information content (AvgIpc) is 2.93. The van der Waals surface area contributed by atoms with E-state index in [0.29, 0.717) is 36.7 Å². The van der Waals surface area contributed by atoms with Crippen molar-refractivity contribution in [1.82, 2.24) is 0 Å². The molecule has 0 aliphatic carbocycles. The summed E-state index contributed by atoms with van der Waals surface area (Å²) in [4.78, 5) is 23.2. The monoisotopic (exact) mass is 534 g/mol. The van der Waals surface area contributed by atoms with Crippen LogP contribution in [0.1, 0.15) is 76.8 Å². The van der Waals surface area contributed by atoms with Gasteiger partial charge in [-0.1, -0.05) is 32.6 Å². The fraction of sp³-hybridized carbons (Fsp3) is 0.394. The Morgan fingerprint density at radius 3 is 2.28 bits per heavy atom. The molecule has 0 saturated carbocycles. The van der Waals surface area contributed by atoms with Gasteiger partial charge in [0.15, 0.2) is 17.3 Å². The maximum absolute atomic E-state index is 11.8. The van der Waals surface area contributed by atoms with E-state index in [2.05, 4.69) is 13.5 Å². The predicted molar refractivity (Wildman–Crippen MR) is 157 cm³/mol. The van der Waals surface area contributed by atoms with Crippen molar-refractivity contribution in [3.63, 3.8) is 0 Å². The molecule has 6 nitrogen and oxygen atoms in total. The summed E-state index contributed by atoms with van der Waals surface area (Å²) < 4.78 is 22.8. The molecule has 0 saturated heterocycles. The van der Waals surface area contributed by atoms with E-state index in [4.69, 9.17) is 18.9 Å². The normalized spacial score (nSPS) is 11.3. The Labute approximate surface area is 233 Å². The Kier molecular flexibility index (Phi) is 14.2. The van der Waals surface area contributed by atoms with Gasteiger partial charge in [-0.15, -0.1) is 0 Å². The van der Waals surface area contributed by atoms with Crippen LogP contribution in [0.3, 0.4) is 0 Å². The molecule has 0 heterocycles. The number of carbonyl (C=O) groups is 2. The third-order valence-electron chi connectivity index (χ3n) is 5.78. The summed E-state index contributed by atoms with van der Waals surface area (Å²) >= 11 is 0. The molecule has 0 amide bonds. The molecular weight excluding hydrogens is 492 g/mol. The van der Waals surface area contributed by atoms with E-state index in [1.807, 2.05) is 55.5 Å². The second-order valence-corrected chi connectivity index (χ2v) is 9.24. The van der Waals surface area contributed by atoms with Crippen molar-refractivity contribution in [3.05, 3.63) is 77.9 Å². The molecule has 210 valence electrons. The largest absolute Gasteiger partial charge is 0.494 e. The van der Waals surface area contributed by atoms with Gasteiger partial charge in [0, 0.05) is 17.6 Å².